The van der Waals surface area contributed by atoms with E-state index in [1.54, 1.807) is 29.3 Å². The average molecular weight is 527 g/mol. The minimum Gasteiger partial charge on any atom is -0.381 e. The summed E-state index contributed by atoms with van der Waals surface area (Å²) in [4.78, 5) is 22.7. The maximum Gasteiger partial charge on any atom is 0.259 e. The summed E-state index contributed by atoms with van der Waals surface area (Å²) in [6.07, 6.45) is 5.08. The Morgan fingerprint density at radius 2 is 1.85 bits per heavy atom. The van der Waals surface area contributed by atoms with Gasteiger partial charge < -0.3 is 11.1 Å². The number of pyridine rings is 1. The zero-order valence-electron chi connectivity index (χ0n) is 22.3. The summed E-state index contributed by atoms with van der Waals surface area (Å²) in [5.41, 5.74) is 12.9. The molecule has 0 aliphatic heterocycles. The number of fused-ring (bicyclic) bond motifs is 2. The first-order valence-corrected chi connectivity index (χ1v) is 12.8. The van der Waals surface area contributed by atoms with E-state index in [9.17, 15) is 4.79 Å². The molecule has 9 nitrogen and oxygen atoms in total. The zero-order valence-corrected chi connectivity index (χ0v) is 22.3. The van der Waals surface area contributed by atoms with Crippen LogP contribution in [0.4, 0.5) is 5.82 Å². The van der Waals surface area contributed by atoms with Crippen LogP contribution in [-0.2, 0) is 7.05 Å². The number of hydrogen-bond donors (Lipinski definition) is 2. The van der Waals surface area contributed by atoms with Crippen molar-refractivity contribution in [1.82, 2.24) is 34.7 Å². The molecule has 1 unspecified atom stereocenters. The Balaban J connectivity index is 1.43. The molecule has 9 heteroatoms. The van der Waals surface area contributed by atoms with Gasteiger partial charge in [-0.25, -0.2) is 14.5 Å². The van der Waals surface area contributed by atoms with Crippen LogP contribution in [0.3, 0.4) is 0 Å². The SMILES string of the molecule is Cc1c(C#Cc2cccc3nc(C(C)NC(=O)c4c(N)nn5cccnc45)c(-c4ccccc4)cc23)cnn1C. The second kappa shape index (κ2) is 10.0. The fraction of sp³-hybridized carbons (Fsp3) is 0.129. The van der Waals surface area contributed by atoms with E-state index in [2.05, 4.69) is 38.4 Å². The number of nitrogens with zero attached hydrogens (tertiary/aromatic N) is 6. The predicted molar refractivity (Wildman–Crippen MR) is 154 cm³/mol. The molecule has 0 aliphatic rings. The number of carbonyl (C=O) groups is 1. The number of hydrogen-bond acceptors (Lipinski definition) is 6. The first-order valence-electron chi connectivity index (χ1n) is 12.8. The highest BCUT2D eigenvalue weighted by Gasteiger charge is 2.23. The van der Waals surface area contributed by atoms with Gasteiger partial charge in [0.2, 0.25) is 0 Å². The Hall–Kier alpha value is -5.49. The summed E-state index contributed by atoms with van der Waals surface area (Å²) in [6, 6.07) is 19.3. The van der Waals surface area contributed by atoms with Gasteiger partial charge in [-0.3, -0.25) is 9.48 Å². The van der Waals surface area contributed by atoms with E-state index in [1.807, 2.05) is 69.4 Å². The monoisotopic (exact) mass is 526 g/mol. The van der Waals surface area contributed by atoms with Crippen molar-refractivity contribution in [3.63, 3.8) is 0 Å². The molecule has 4 heterocycles. The standard InChI is InChI=1S/C31H26N8O/c1-19(35-31(40)27-29(32)37-39-16-8-15-33-30(27)39)28-25(21-9-5-4-6-10-21)17-24-22(11-7-12-26(24)36-28)13-14-23-18-34-38(3)20(23)2/h4-12,15-19H,1-3H3,(H2,32,37)(H,35,40). The zero-order chi connectivity index (χ0) is 27.8. The molecule has 4 aromatic heterocycles. The average Bonchev–Trinajstić information content (AvgIpc) is 3.48. The van der Waals surface area contributed by atoms with Gasteiger partial charge in [0.05, 0.1) is 34.7 Å². The fourth-order valence-electron chi connectivity index (χ4n) is 4.71. The van der Waals surface area contributed by atoms with Crippen molar-refractivity contribution in [3.05, 3.63) is 107 Å². The van der Waals surface area contributed by atoms with E-state index in [1.165, 1.54) is 4.52 Å². The molecule has 3 N–H and O–H groups in total. The quantitative estimate of drug-likeness (QED) is 0.328. The van der Waals surface area contributed by atoms with Crippen LogP contribution >= 0.6 is 0 Å². The van der Waals surface area contributed by atoms with Gasteiger partial charge in [-0.05, 0) is 43.7 Å². The van der Waals surface area contributed by atoms with Gasteiger partial charge >= 0.3 is 0 Å². The molecule has 1 atom stereocenters. The van der Waals surface area contributed by atoms with E-state index >= 15 is 0 Å². The van der Waals surface area contributed by atoms with Crippen molar-refractivity contribution in [2.75, 3.05) is 5.73 Å². The lowest BCUT2D eigenvalue weighted by Gasteiger charge is -2.19. The molecule has 0 saturated carbocycles. The molecule has 2 aromatic carbocycles. The molecule has 0 saturated heterocycles. The van der Waals surface area contributed by atoms with E-state index < -0.39 is 6.04 Å². The summed E-state index contributed by atoms with van der Waals surface area (Å²) in [7, 11) is 1.90. The second-order valence-electron chi connectivity index (χ2n) is 9.52. The van der Waals surface area contributed by atoms with Crippen molar-refractivity contribution in [2.24, 2.45) is 7.05 Å². The third-order valence-corrected chi connectivity index (χ3v) is 6.95. The van der Waals surface area contributed by atoms with Crippen molar-refractivity contribution in [3.8, 4) is 23.0 Å². The van der Waals surface area contributed by atoms with Gasteiger partial charge in [0.1, 0.15) is 5.56 Å². The van der Waals surface area contributed by atoms with Crippen LogP contribution in [0.15, 0.2) is 79.3 Å². The molecule has 6 aromatic rings. The third-order valence-electron chi connectivity index (χ3n) is 6.95. The topological polar surface area (TPSA) is 116 Å². The number of benzene rings is 2. The second-order valence-corrected chi connectivity index (χ2v) is 9.52. The largest absolute Gasteiger partial charge is 0.381 e. The minimum atomic E-state index is -0.446. The fourth-order valence-corrected chi connectivity index (χ4v) is 4.71. The molecular weight excluding hydrogens is 500 g/mol. The van der Waals surface area contributed by atoms with E-state index in [4.69, 9.17) is 10.7 Å². The molecule has 0 aliphatic carbocycles. The molecular formula is C31H26N8O. The highest BCUT2D eigenvalue weighted by Crippen LogP contribution is 2.32. The predicted octanol–water partition coefficient (Wildman–Crippen LogP) is 4.46. The van der Waals surface area contributed by atoms with E-state index in [0.717, 1.165) is 44.5 Å². The Bertz CT molecular complexity index is 1960. The van der Waals surface area contributed by atoms with Crippen LogP contribution in [0.1, 0.15) is 45.8 Å². The Kier molecular flexibility index (Phi) is 6.21. The number of nitrogens with two attached hydrogens (primary N) is 1. The lowest BCUT2D eigenvalue weighted by Crippen LogP contribution is -2.28. The number of amides is 1. The molecule has 1 amide bonds. The highest BCUT2D eigenvalue weighted by molar-refractivity contribution is 6.04. The molecule has 0 radical (unpaired) electrons. The van der Waals surface area contributed by atoms with Crippen molar-refractivity contribution in [2.45, 2.75) is 19.9 Å². The molecule has 40 heavy (non-hydrogen) atoms. The normalized spacial score (nSPS) is 11.8. The van der Waals surface area contributed by atoms with Gasteiger partial charge in [0, 0.05) is 36.0 Å². The van der Waals surface area contributed by atoms with Crippen LogP contribution in [0.5, 0.6) is 0 Å². The molecule has 6 rings (SSSR count). The van der Waals surface area contributed by atoms with Crippen molar-refractivity contribution >= 4 is 28.3 Å². The smallest absolute Gasteiger partial charge is 0.259 e. The Morgan fingerprint density at radius 3 is 2.62 bits per heavy atom. The lowest BCUT2D eigenvalue weighted by molar-refractivity contribution is 0.0941. The lowest BCUT2D eigenvalue weighted by atomic mass is 9.96. The van der Waals surface area contributed by atoms with Crippen LogP contribution in [0.25, 0.3) is 27.7 Å². The van der Waals surface area contributed by atoms with E-state index in [-0.39, 0.29) is 17.3 Å². The Morgan fingerprint density at radius 1 is 1.05 bits per heavy atom. The number of nitrogen functional groups attached to an aromatic ring is 1. The van der Waals surface area contributed by atoms with Gasteiger partial charge in [0.15, 0.2) is 11.5 Å². The molecule has 196 valence electrons. The maximum absolute atomic E-state index is 13.4. The number of anilines is 1. The summed E-state index contributed by atoms with van der Waals surface area (Å²) in [5.74, 6) is 6.32. The van der Waals surface area contributed by atoms with Gasteiger partial charge in [0.25, 0.3) is 5.91 Å². The summed E-state index contributed by atoms with van der Waals surface area (Å²) in [6.45, 7) is 3.90. The summed E-state index contributed by atoms with van der Waals surface area (Å²) >= 11 is 0. The van der Waals surface area contributed by atoms with Crippen LogP contribution in [0.2, 0.25) is 0 Å². The number of carbonyl (C=O) groups excluding carboxylic acids is 1. The maximum atomic E-state index is 13.4. The molecule has 0 bridgehead atoms. The number of aromatic nitrogens is 6. The summed E-state index contributed by atoms with van der Waals surface area (Å²) in [5, 5.41) is 12.5. The van der Waals surface area contributed by atoms with E-state index in [0.29, 0.717) is 5.65 Å². The van der Waals surface area contributed by atoms with Crippen LogP contribution in [0, 0.1) is 18.8 Å². The minimum absolute atomic E-state index is 0.116. The van der Waals surface area contributed by atoms with Gasteiger partial charge in [-0.1, -0.05) is 48.2 Å². The van der Waals surface area contributed by atoms with Crippen LogP contribution in [-0.4, -0.2) is 35.3 Å². The number of aryl methyl sites for hydroxylation is 1. The number of nitrogens with one attached hydrogen (secondary N) is 1. The molecule has 0 spiro atoms. The first-order chi connectivity index (χ1) is 19.4. The van der Waals surface area contributed by atoms with Crippen molar-refractivity contribution in [1.29, 1.82) is 0 Å². The first kappa shape index (κ1) is 24.8. The Labute approximate surface area is 230 Å². The highest BCUT2D eigenvalue weighted by atomic mass is 16.1. The van der Waals surface area contributed by atoms with Crippen molar-refractivity contribution < 1.29 is 4.79 Å². The van der Waals surface area contributed by atoms with Crippen LogP contribution < -0.4 is 11.1 Å². The third kappa shape index (κ3) is 4.41. The van der Waals surface area contributed by atoms with Gasteiger partial charge in [-0.2, -0.15) is 5.10 Å². The summed E-state index contributed by atoms with van der Waals surface area (Å²) < 4.78 is 3.30. The van der Waals surface area contributed by atoms with Gasteiger partial charge in [-0.15, -0.1) is 5.10 Å². The molecule has 0 fully saturated rings. The number of rotatable bonds is 4.